The number of aryl methyl sites for hydroxylation is 2. The molecule has 0 unspecified atom stereocenters. The Morgan fingerprint density at radius 2 is 2.41 bits per heavy atom. The topological polar surface area (TPSA) is 69.0 Å². The van der Waals surface area contributed by atoms with Crippen LogP contribution in [0.4, 0.5) is 0 Å². The number of hydrogen-bond acceptors (Lipinski definition) is 5. The standard InChI is InChI=1S/C15H20N4O2S/c1-3-13-16-8-12(22-13)15(20)18-11-5-4-6-21-14(11)10-7-17-19(2)9-10/h7-9,11,14H,3-6H2,1-2H3,(H,18,20)/t11-,14+/m0/s1. The van der Waals surface area contributed by atoms with Gasteiger partial charge in [0.05, 0.1) is 23.4 Å². The minimum absolute atomic E-state index is 0.0300. The van der Waals surface area contributed by atoms with Crippen molar-refractivity contribution >= 4 is 17.2 Å². The predicted molar refractivity (Wildman–Crippen MR) is 83.9 cm³/mol. The molecule has 2 aromatic heterocycles. The molecule has 1 N–H and O–H groups in total. The summed E-state index contributed by atoms with van der Waals surface area (Å²) in [6.07, 6.45) is 7.97. The Hall–Kier alpha value is -1.73. The van der Waals surface area contributed by atoms with Crippen LogP contribution in [0.2, 0.25) is 0 Å². The molecular weight excluding hydrogens is 300 g/mol. The van der Waals surface area contributed by atoms with Crippen LogP contribution in [0, 0.1) is 0 Å². The van der Waals surface area contributed by atoms with Gasteiger partial charge >= 0.3 is 0 Å². The van der Waals surface area contributed by atoms with Crippen LogP contribution in [-0.2, 0) is 18.2 Å². The number of carbonyl (C=O) groups excluding carboxylic acids is 1. The van der Waals surface area contributed by atoms with E-state index in [0.717, 1.165) is 29.8 Å². The van der Waals surface area contributed by atoms with E-state index < -0.39 is 0 Å². The van der Waals surface area contributed by atoms with Gasteiger partial charge in [0.25, 0.3) is 5.91 Å². The molecule has 2 atom stereocenters. The van der Waals surface area contributed by atoms with Gasteiger partial charge < -0.3 is 10.1 Å². The summed E-state index contributed by atoms with van der Waals surface area (Å²) in [4.78, 5) is 17.3. The number of amides is 1. The van der Waals surface area contributed by atoms with Crippen molar-refractivity contribution < 1.29 is 9.53 Å². The Kier molecular flexibility index (Phi) is 4.54. The summed E-state index contributed by atoms with van der Waals surface area (Å²) >= 11 is 1.45. The van der Waals surface area contributed by atoms with Crippen LogP contribution < -0.4 is 5.32 Å². The highest BCUT2D eigenvalue weighted by atomic mass is 32.1. The lowest BCUT2D eigenvalue weighted by Crippen LogP contribution is -2.42. The number of rotatable bonds is 4. The first kappa shape index (κ1) is 15.2. The van der Waals surface area contributed by atoms with E-state index in [1.165, 1.54) is 11.3 Å². The zero-order chi connectivity index (χ0) is 15.5. The number of ether oxygens (including phenoxy) is 1. The second-order valence-electron chi connectivity index (χ2n) is 5.43. The Morgan fingerprint density at radius 3 is 3.09 bits per heavy atom. The number of nitrogens with zero attached hydrogens (tertiary/aromatic N) is 3. The Morgan fingerprint density at radius 1 is 1.55 bits per heavy atom. The zero-order valence-corrected chi connectivity index (χ0v) is 13.6. The predicted octanol–water partition coefficient (Wildman–Crippen LogP) is 2.09. The summed E-state index contributed by atoms with van der Waals surface area (Å²) in [5, 5.41) is 8.27. The summed E-state index contributed by atoms with van der Waals surface area (Å²) in [6, 6.07) is -0.0300. The summed E-state index contributed by atoms with van der Waals surface area (Å²) in [5.74, 6) is -0.0680. The molecule has 1 amide bonds. The highest BCUT2D eigenvalue weighted by Crippen LogP contribution is 2.28. The second-order valence-corrected chi connectivity index (χ2v) is 6.55. The molecule has 1 aliphatic rings. The monoisotopic (exact) mass is 320 g/mol. The number of carbonyl (C=O) groups is 1. The van der Waals surface area contributed by atoms with Gasteiger partial charge in [-0.1, -0.05) is 6.92 Å². The molecule has 0 aromatic carbocycles. The van der Waals surface area contributed by atoms with Crippen molar-refractivity contribution in [3.63, 3.8) is 0 Å². The average Bonchev–Trinajstić information content (AvgIpc) is 3.16. The first-order chi connectivity index (χ1) is 10.7. The van der Waals surface area contributed by atoms with E-state index >= 15 is 0 Å². The lowest BCUT2D eigenvalue weighted by atomic mass is 9.98. The average molecular weight is 320 g/mol. The van der Waals surface area contributed by atoms with E-state index in [1.807, 2.05) is 20.2 Å². The molecule has 118 valence electrons. The molecule has 1 fully saturated rings. The molecule has 22 heavy (non-hydrogen) atoms. The molecule has 3 rings (SSSR count). The van der Waals surface area contributed by atoms with E-state index in [2.05, 4.69) is 15.4 Å². The third-order valence-electron chi connectivity index (χ3n) is 3.77. The normalized spacial score (nSPS) is 21.7. The molecule has 2 aromatic rings. The van der Waals surface area contributed by atoms with E-state index in [4.69, 9.17) is 4.74 Å². The fourth-order valence-electron chi connectivity index (χ4n) is 2.66. The minimum atomic E-state index is -0.134. The Balaban J connectivity index is 1.72. The lowest BCUT2D eigenvalue weighted by molar-refractivity contribution is -0.00945. The van der Waals surface area contributed by atoms with Crippen LogP contribution in [0.5, 0.6) is 0 Å². The van der Waals surface area contributed by atoms with Gasteiger partial charge in [0.2, 0.25) is 0 Å². The molecular formula is C15H20N4O2S. The second kappa shape index (κ2) is 6.58. The minimum Gasteiger partial charge on any atom is -0.371 e. The van der Waals surface area contributed by atoms with Crippen molar-refractivity contribution in [1.29, 1.82) is 0 Å². The van der Waals surface area contributed by atoms with Gasteiger partial charge in [-0.15, -0.1) is 11.3 Å². The van der Waals surface area contributed by atoms with Crippen molar-refractivity contribution in [1.82, 2.24) is 20.1 Å². The van der Waals surface area contributed by atoms with Crippen LogP contribution >= 0.6 is 11.3 Å². The molecule has 0 aliphatic carbocycles. The van der Waals surface area contributed by atoms with Gasteiger partial charge in [0.1, 0.15) is 11.0 Å². The maximum atomic E-state index is 12.4. The van der Waals surface area contributed by atoms with Crippen molar-refractivity contribution in [2.24, 2.45) is 7.05 Å². The summed E-state index contributed by atoms with van der Waals surface area (Å²) < 4.78 is 7.63. The zero-order valence-electron chi connectivity index (χ0n) is 12.8. The molecule has 1 saturated heterocycles. The number of hydrogen-bond donors (Lipinski definition) is 1. The van der Waals surface area contributed by atoms with E-state index in [0.29, 0.717) is 11.5 Å². The summed E-state index contributed by atoms with van der Waals surface area (Å²) in [7, 11) is 1.88. The van der Waals surface area contributed by atoms with Crippen molar-refractivity contribution in [2.75, 3.05) is 6.61 Å². The molecule has 3 heterocycles. The SMILES string of the molecule is CCc1ncc(C(=O)N[C@H]2CCCO[C@@H]2c2cnn(C)c2)s1. The van der Waals surface area contributed by atoms with Crippen LogP contribution in [0.3, 0.4) is 0 Å². The van der Waals surface area contributed by atoms with Crippen LogP contribution in [-0.4, -0.2) is 33.3 Å². The van der Waals surface area contributed by atoms with Crippen molar-refractivity contribution in [3.8, 4) is 0 Å². The molecule has 7 heteroatoms. The smallest absolute Gasteiger partial charge is 0.263 e. The van der Waals surface area contributed by atoms with Gasteiger partial charge in [0.15, 0.2) is 0 Å². The Labute approximate surface area is 133 Å². The van der Waals surface area contributed by atoms with E-state index in [-0.39, 0.29) is 18.1 Å². The highest BCUT2D eigenvalue weighted by molar-refractivity contribution is 7.13. The molecule has 0 radical (unpaired) electrons. The van der Waals surface area contributed by atoms with Crippen LogP contribution in [0.25, 0.3) is 0 Å². The van der Waals surface area contributed by atoms with Crippen molar-refractivity contribution in [3.05, 3.63) is 34.0 Å². The van der Waals surface area contributed by atoms with Gasteiger partial charge in [-0.3, -0.25) is 9.48 Å². The van der Waals surface area contributed by atoms with Crippen molar-refractivity contribution in [2.45, 2.75) is 38.3 Å². The van der Waals surface area contributed by atoms with Crippen LogP contribution in [0.15, 0.2) is 18.6 Å². The van der Waals surface area contributed by atoms with Gasteiger partial charge in [0, 0.05) is 25.4 Å². The third-order valence-corrected chi connectivity index (χ3v) is 4.91. The van der Waals surface area contributed by atoms with Gasteiger partial charge in [-0.05, 0) is 19.3 Å². The number of nitrogens with one attached hydrogen (secondary N) is 1. The summed E-state index contributed by atoms with van der Waals surface area (Å²) in [6.45, 7) is 2.75. The fourth-order valence-corrected chi connectivity index (χ4v) is 3.42. The van der Waals surface area contributed by atoms with E-state index in [1.54, 1.807) is 17.1 Å². The molecule has 0 saturated carbocycles. The molecule has 0 spiro atoms. The maximum absolute atomic E-state index is 12.4. The first-order valence-electron chi connectivity index (χ1n) is 7.53. The lowest BCUT2D eigenvalue weighted by Gasteiger charge is -2.31. The molecule has 6 nitrogen and oxygen atoms in total. The van der Waals surface area contributed by atoms with Gasteiger partial charge in [-0.25, -0.2) is 4.98 Å². The number of thiazole rings is 1. The largest absolute Gasteiger partial charge is 0.371 e. The van der Waals surface area contributed by atoms with Gasteiger partial charge in [-0.2, -0.15) is 5.10 Å². The number of aromatic nitrogens is 3. The summed E-state index contributed by atoms with van der Waals surface area (Å²) in [5.41, 5.74) is 1.01. The third kappa shape index (κ3) is 3.20. The Bertz CT molecular complexity index is 652. The quantitative estimate of drug-likeness (QED) is 0.936. The maximum Gasteiger partial charge on any atom is 0.263 e. The fraction of sp³-hybridized carbons (Fsp3) is 0.533. The molecule has 0 bridgehead atoms. The molecule has 1 aliphatic heterocycles. The van der Waals surface area contributed by atoms with Crippen LogP contribution in [0.1, 0.15) is 46.1 Å². The highest BCUT2D eigenvalue weighted by Gasteiger charge is 2.30. The first-order valence-corrected chi connectivity index (χ1v) is 8.34. The van der Waals surface area contributed by atoms with E-state index in [9.17, 15) is 4.79 Å².